The van der Waals surface area contributed by atoms with Crippen LogP contribution in [0.2, 0.25) is 0 Å². The van der Waals surface area contributed by atoms with Crippen molar-refractivity contribution >= 4 is 0 Å². The molecular weight excluding hydrogens is 256 g/mol. The van der Waals surface area contributed by atoms with E-state index in [4.69, 9.17) is 15.1 Å². The van der Waals surface area contributed by atoms with Gasteiger partial charge >= 0.3 is 0 Å². The lowest BCUT2D eigenvalue weighted by molar-refractivity contribution is 0.0828. The normalized spacial score (nSPS) is 17.9. The van der Waals surface area contributed by atoms with Crippen molar-refractivity contribution in [2.24, 2.45) is 0 Å². The van der Waals surface area contributed by atoms with Gasteiger partial charge in [-0.1, -0.05) is 5.21 Å². The van der Waals surface area contributed by atoms with Crippen LogP contribution < -0.4 is 0 Å². The zero-order valence-corrected chi connectivity index (χ0v) is 12.0. The maximum atomic E-state index is 8.96. The summed E-state index contributed by atoms with van der Waals surface area (Å²) in [6.45, 7) is 3.79. The molecule has 0 aromatic carbocycles. The fraction of sp³-hybridized carbons (Fsp3) is 0.786. The Balaban J connectivity index is 2.24. The molecule has 0 radical (unpaired) electrons. The van der Waals surface area contributed by atoms with Crippen LogP contribution in [-0.4, -0.2) is 39.9 Å². The number of hydrogen-bond acceptors (Lipinski definition) is 5. The summed E-state index contributed by atoms with van der Waals surface area (Å²) in [5.74, 6) is 0.374. The molecule has 1 aliphatic rings. The molecule has 1 atom stereocenters. The SMILES string of the molecule is CC(CCCO)n1nnc(CC#N)c1C1CCOCC1. The quantitative estimate of drug-likeness (QED) is 0.854. The second-order valence-electron chi connectivity index (χ2n) is 5.30. The fourth-order valence-electron chi connectivity index (χ4n) is 2.76. The topological polar surface area (TPSA) is 84.0 Å². The van der Waals surface area contributed by atoms with Crippen molar-refractivity contribution in [1.82, 2.24) is 15.0 Å². The number of hydrogen-bond donors (Lipinski definition) is 1. The van der Waals surface area contributed by atoms with Crippen molar-refractivity contribution in [1.29, 1.82) is 5.26 Å². The zero-order chi connectivity index (χ0) is 14.4. The third-order valence-corrected chi connectivity index (χ3v) is 3.86. The van der Waals surface area contributed by atoms with Crippen LogP contribution >= 0.6 is 0 Å². The summed E-state index contributed by atoms with van der Waals surface area (Å²) in [7, 11) is 0. The lowest BCUT2D eigenvalue weighted by atomic mass is 9.93. The molecule has 0 amide bonds. The van der Waals surface area contributed by atoms with E-state index in [1.165, 1.54) is 0 Å². The molecule has 6 heteroatoms. The van der Waals surface area contributed by atoms with Gasteiger partial charge in [0, 0.05) is 25.7 Å². The first kappa shape index (κ1) is 14.9. The number of rotatable bonds is 6. The Morgan fingerprint density at radius 1 is 1.50 bits per heavy atom. The Hall–Kier alpha value is -1.45. The molecule has 0 saturated carbocycles. The average Bonchev–Trinajstić information content (AvgIpc) is 2.90. The van der Waals surface area contributed by atoms with E-state index in [1.807, 2.05) is 4.68 Å². The summed E-state index contributed by atoms with van der Waals surface area (Å²) in [6.07, 6.45) is 3.83. The molecule has 0 spiro atoms. The zero-order valence-electron chi connectivity index (χ0n) is 12.0. The number of nitrogens with zero attached hydrogens (tertiary/aromatic N) is 4. The molecule has 1 fully saturated rings. The van der Waals surface area contributed by atoms with Crippen LogP contribution in [0.4, 0.5) is 0 Å². The fourth-order valence-corrected chi connectivity index (χ4v) is 2.76. The highest BCUT2D eigenvalue weighted by molar-refractivity contribution is 5.20. The highest BCUT2D eigenvalue weighted by atomic mass is 16.5. The van der Waals surface area contributed by atoms with Gasteiger partial charge in [-0.3, -0.25) is 0 Å². The molecule has 1 N–H and O–H groups in total. The summed E-state index contributed by atoms with van der Waals surface area (Å²) >= 11 is 0. The minimum atomic E-state index is 0.191. The lowest BCUT2D eigenvalue weighted by Gasteiger charge is -2.25. The Kier molecular flexibility index (Phi) is 5.50. The number of ether oxygens (including phenoxy) is 1. The Labute approximate surface area is 119 Å². The third kappa shape index (κ3) is 3.35. The van der Waals surface area contributed by atoms with Crippen LogP contribution in [0.1, 0.15) is 56.0 Å². The van der Waals surface area contributed by atoms with Gasteiger partial charge in [0.05, 0.1) is 24.2 Å². The van der Waals surface area contributed by atoms with Gasteiger partial charge in [0.25, 0.3) is 0 Å². The van der Waals surface area contributed by atoms with Crippen molar-refractivity contribution < 1.29 is 9.84 Å². The molecule has 1 unspecified atom stereocenters. The second kappa shape index (κ2) is 7.36. The van der Waals surface area contributed by atoms with Crippen LogP contribution in [0, 0.1) is 11.3 Å². The molecular formula is C14H22N4O2. The standard InChI is InChI=1S/C14H22N4O2/c1-11(3-2-8-19)18-14(12-5-9-20-10-6-12)13(4-7-15)16-17-18/h11-12,19H,2-6,8-10H2,1H3. The summed E-state index contributed by atoms with van der Waals surface area (Å²) in [5, 5.41) is 26.4. The van der Waals surface area contributed by atoms with Gasteiger partial charge in [-0.15, -0.1) is 5.10 Å². The molecule has 2 heterocycles. The van der Waals surface area contributed by atoms with Crippen molar-refractivity contribution in [3.63, 3.8) is 0 Å². The first-order valence-electron chi connectivity index (χ1n) is 7.27. The minimum absolute atomic E-state index is 0.191. The number of aliphatic hydroxyl groups excluding tert-OH is 1. The molecule has 1 aromatic heterocycles. The number of aromatic nitrogens is 3. The van der Waals surface area contributed by atoms with E-state index in [0.717, 1.165) is 50.3 Å². The van der Waals surface area contributed by atoms with Crippen LogP contribution in [-0.2, 0) is 11.2 Å². The van der Waals surface area contributed by atoms with Gasteiger partial charge in [0.15, 0.2) is 0 Å². The average molecular weight is 278 g/mol. The van der Waals surface area contributed by atoms with E-state index >= 15 is 0 Å². The van der Waals surface area contributed by atoms with Gasteiger partial charge in [-0.05, 0) is 32.6 Å². The van der Waals surface area contributed by atoms with Crippen molar-refractivity contribution in [2.45, 2.75) is 51.0 Å². The molecule has 1 aromatic rings. The van der Waals surface area contributed by atoms with Gasteiger partial charge in [-0.25, -0.2) is 4.68 Å². The van der Waals surface area contributed by atoms with Crippen molar-refractivity contribution in [3.8, 4) is 6.07 Å². The minimum Gasteiger partial charge on any atom is -0.396 e. The van der Waals surface area contributed by atoms with E-state index in [9.17, 15) is 0 Å². The van der Waals surface area contributed by atoms with Crippen molar-refractivity contribution in [3.05, 3.63) is 11.4 Å². The first-order valence-corrected chi connectivity index (χ1v) is 7.27. The molecule has 1 saturated heterocycles. The Morgan fingerprint density at radius 3 is 2.90 bits per heavy atom. The van der Waals surface area contributed by atoms with Gasteiger partial charge in [0.2, 0.25) is 0 Å². The second-order valence-corrected chi connectivity index (χ2v) is 5.30. The highest BCUT2D eigenvalue weighted by Crippen LogP contribution is 2.31. The first-order chi connectivity index (χ1) is 9.77. The van der Waals surface area contributed by atoms with Crippen LogP contribution in [0.25, 0.3) is 0 Å². The largest absolute Gasteiger partial charge is 0.396 e. The van der Waals surface area contributed by atoms with Crippen LogP contribution in [0.15, 0.2) is 0 Å². The molecule has 2 rings (SSSR count). The smallest absolute Gasteiger partial charge is 0.100 e. The summed E-state index contributed by atoms with van der Waals surface area (Å²) in [6, 6.07) is 2.37. The molecule has 20 heavy (non-hydrogen) atoms. The highest BCUT2D eigenvalue weighted by Gasteiger charge is 2.26. The number of nitriles is 1. The molecule has 110 valence electrons. The van der Waals surface area contributed by atoms with E-state index in [2.05, 4.69) is 23.3 Å². The van der Waals surface area contributed by atoms with E-state index in [1.54, 1.807) is 0 Å². The summed E-state index contributed by atoms with van der Waals surface area (Å²) in [5.41, 5.74) is 1.90. The summed E-state index contributed by atoms with van der Waals surface area (Å²) < 4.78 is 7.37. The Bertz CT molecular complexity index is 460. The number of aliphatic hydroxyl groups is 1. The Morgan fingerprint density at radius 2 is 2.25 bits per heavy atom. The monoisotopic (exact) mass is 278 g/mol. The molecule has 0 aliphatic carbocycles. The van der Waals surface area contributed by atoms with Gasteiger partial charge in [-0.2, -0.15) is 5.26 Å². The summed E-state index contributed by atoms with van der Waals surface area (Å²) in [4.78, 5) is 0. The van der Waals surface area contributed by atoms with E-state index < -0.39 is 0 Å². The molecule has 0 bridgehead atoms. The van der Waals surface area contributed by atoms with E-state index in [-0.39, 0.29) is 12.6 Å². The molecule has 6 nitrogen and oxygen atoms in total. The molecule has 1 aliphatic heterocycles. The van der Waals surface area contributed by atoms with Crippen LogP contribution in [0.5, 0.6) is 0 Å². The maximum Gasteiger partial charge on any atom is 0.100 e. The van der Waals surface area contributed by atoms with Gasteiger partial charge < -0.3 is 9.84 Å². The predicted octanol–water partition coefficient (Wildman–Crippen LogP) is 1.57. The predicted molar refractivity (Wildman–Crippen MR) is 73.2 cm³/mol. The van der Waals surface area contributed by atoms with Crippen LogP contribution in [0.3, 0.4) is 0 Å². The third-order valence-electron chi connectivity index (χ3n) is 3.86. The van der Waals surface area contributed by atoms with Crippen molar-refractivity contribution in [2.75, 3.05) is 19.8 Å². The lowest BCUT2D eigenvalue weighted by Crippen LogP contribution is -2.20. The van der Waals surface area contributed by atoms with E-state index in [0.29, 0.717) is 12.3 Å². The maximum absolute atomic E-state index is 8.96. The van der Waals surface area contributed by atoms with Gasteiger partial charge in [0.1, 0.15) is 5.69 Å².